The Morgan fingerprint density at radius 1 is 1.36 bits per heavy atom. The van der Waals surface area contributed by atoms with Gasteiger partial charge in [0.05, 0.1) is 24.3 Å². The van der Waals surface area contributed by atoms with E-state index in [0.29, 0.717) is 42.8 Å². The lowest BCUT2D eigenvalue weighted by atomic mass is 10.0. The number of aromatic nitrogens is 4. The number of amides is 1. The van der Waals surface area contributed by atoms with Crippen LogP contribution in [0.1, 0.15) is 41.2 Å². The van der Waals surface area contributed by atoms with Crippen molar-refractivity contribution in [1.29, 1.82) is 0 Å². The van der Waals surface area contributed by atoms with E-state index in [9.17, 15) is 4.79 Å². The Balaban J connectivity index is 1.38. The molecule has 8 nitrogen and oxygen atoms in total. The highest BCUT2D eigenvalue weighted by molar-refractivity contribution is 5.93. The Hall–Kier alpha value is -2.22. The van der Waals surface area contributed by atoms with Crippen LogP contribution in [-0.4, -0.2) is 56.0 Å². The minimum Gasteiger partial charge on any atom is -0.372 e. The summed E-state index contributed by atoms with van der Waals surface area (Å²) in [7, 11) is 0. The van der Waals surface area contributed by atoms with E-state index in [-0.39, 0.29) is 18.1 Å². The zero-order chi connectivity index (χ0) is 17.6. The third kappa shape index (κ3) is 3.06. The number of hydrogen-bond donors (Lipinski definition) is 0. The van der Waals surface area contributed by atoms with Gasteiger partial charge in [-0.1, -0.05) is 5.16 Å². The van der Waals surface area contributed by atoms with E-state index in [1.165, 1.54) is 0 Å². The fourth-order valence-electron chi connectivity index (χ4n) is 3.90. The van der Waals surface area contributed by atoms with Gasteiger partial charge in [0.1, 0.15) is 5.69 Å². The predicted molar refractivity (Wildman–Crippen MR) is 88.0 cm³/mol. The lowest BCUT2D eigenvalue weighted by Crippen LogP contribution is -2.33. The maximum absolute atomic E-state index is 12.8. The summed E-state index contributed by atoms with van der Waals surface area (Å²) in [4.78, 5) is 19.0. The van der Waals surface area contributed by atoms with Gasteiger partial charge < -0.3 is 14.2 Å². The second-order valence-corrected chi connectivity index (χ2v) is 6.93. The molecule has 0 aliphatic carbocycles. The molecule has 0 aromatic carbocycles. The Labute approximate surface area is 146 Å². The standard InChI is InChI=1S/C17H23N5O3/c1-4-22-14(5-10(2)19-22)17(23)21-8-12-6-13(24-15(12)9-21)7-16-18-11(3)20-25-16/h5,12-13,15H,4,6-9H2,1-3H3/t12-,13-,15+/m1/s1. The third-order valence-corrected chi connectivity index (χ3v) is 4.99. The lowest BCUT2D eigenvalue weighted by Gasteiger charge is -2.19. The highest BCUT2D eigenvalue weighted by Gasteiger charge is 2.44. The van der Waals surface area contributed by atoms with Crippen molar-refractivity contribution in [2.75, 3.05) is 13.1 Å². The quantitative estimate of drug-likeness (QED) is 0.832. The summed E-state index contributed by atoms with van der Waals surface area (Å²) in [5.41, 5.74) is 1.54. The van der Waals surface area contributed by atoms with Crippen molar-refractivity contribution >= 4 is 5.91 Å². The molecule has 3 atom stereocenters. The maximum Gasteiger partial charge on any atom is 0.272 e. The van der Waals surface area contributed by atoms with Gasteiger partial charge in [-0.3, -0.25) is 9.48 Å². The molecule has 0 saturated carbocycles. The topological polar surface area (TPSA) is 86.3 Å². The number of aryl methyl sites for hydroxylation is 3. The van der Waals surface area contributed by atoms with Crippen molar-refractivity contribution in [3.05, 3.63) is 29.2 Å². The first-order chi connectivity index (χ1) is 12.0. The van der Waals surface area contributed by atoms with Gasteiger partial charge in [0.2, 0.25) is 5.89 Å². The summed E-state index contributed by atoms with van der Waals surface area (Å²) < 4.78 is 13.1. The van der Waals surface area contributed by atoms with Crippen LogP contribution in [0.4, 0.5) is 0 Å². The molecule has 0 radical (unpaired) electrons. The first-order valence-electron chi connectivity index (χ1n) is 8.82. The highest BCUT2D eigenvalue weighted by Crippen LogP contribution is 2.34. The number of hydrogen-bond acceptors (Lipinski definition) is 6. The minimum atomic E-state index is 0.0459. The van der Waals surface area contributed by atoms with Gasteiger partial charge >= 0.3 is 0 Å². The van der Waals surface area contributed by atoms with E-state index in [2.05, 4.69) is 15.2 Å². The molecule has 0 N–H and O–H groups in total. The monoisotopic (exact) mass is 345 g/mol. The molecule has 1 amide bonds. The van der Waals surface area contributed by atoms with Gasteiger partial charge in [-0.15, -0.1) is 0 Å². The smallest absolute Gasteiger partial charge is 0.272 e. The molecule has 2 aromatic rings. The number of fused-ring (bicyclic) bond motifs is 1. The van der Waals surface area contributed by atoms with E-state index >= 15 is 0 Å². The summed E-state index contributed by atoms with van der Waals surface area (Å²) in [6.07, 6.45) is 1.75. The summed E-state index contributed by atoms with van der Waals surface area (Å²) in [6.45, 7) is 7.78. The first-order valence-corrected chi connectivity index (χ1v) is 8.82. The number of likely N-dealkylation sites (tertiary alicyclic amines) is 1. The Kier molecular flexibility index (Phi) is 4.07. The van der Waals surface area contributed by atoms with E-state index in [0.717, 1.165) is 18.7 Å². The van der Waals surface area contributed by atoms with Crippen molar-refractivity contribution in [2.45, 2.75) is 52.4 Å². The summed E-state index contributed by atoms with van der Waals surface area (Å²) in [6, 6.07) is 1.86. The highest BCUT2D eigenvalue weighted by atomic mass is 16.5. The van der Waals surface area contributed by atoms with Gasteiger partial charge in [-0.2, -0.15) is 10.1 Å². The minimum absolute atomic E-state index is 0.0459. The molecule has 134 valence electrons. The maximum atomic E-state index is 12.8. The van der Waals surface area contributed by atoms with E-state index in [4.69, 9.17) is 9.26 Å². The molecule has 2 aromatic heterocycles. The zero-order valence-corrected chi connectivity index (χ0v) is 14.8. The number of nitrogens with zero attached hydrogens (tertiary/aromatic N) is 5. The molecule has 2 aliphatic heterocycles. The molecular formula is C17H23N5O3. The summed E-state index contributed by atoms with van der Waals surface area (Å²) >= 11 is 0. The van der Waals surface area contributed by atoms with Crippen molar-refractivity contribution in [1.82, 2.24) is 24.8 Å². The third-order valence-electron chi connectivity index (χ3n) is 4.99. The van der Waals surface area contributed by atoms with Crippen LogP contribution >= 0.6 is 0 Å². The van der Waals surface area contributed by atoms with Crippen molar-refractivity contribution < 1.29 is 14.1 Å². The van der Waals surface area contributed by atoms with Crippen LogP contribution in [0.3, 0.4) is 0 Å². The van der Waals surface area contributed by atoms with Crippen LogP contribution in [0.5, 0.6) is 0 Å². The summed E-state index contributed by atoms with van der Waals surface area (Å²) in [5.74, 6) is 1.69. The summed E-state index contributed by atoms with van der Waals surface area (Å²) in [5, 5.41) is 8.18. The van der Waals surface area contributed by atoms with Crippen LogP contribution in [0.15, 0.2) is 10.6 Å². The second-order valence-electron chi connectivity index (χ2n) is 6.93. The Bertz CT molecular complexity index is 769. The van der Waals surface area contributed by atoms with Gasteiger partial charge in [-0.05, 0) is 33.3 Å². The largest absolute Gasteiger partial charge is 0.372 e. The van der Waals surface area contributed by atoms with Crippen LogP contribution in [0.2, 0.25) is 0 Å². The number of carbonyl (C=O) groups excluding carboxylic acids is 1. The van der Waals surface area contributed by atoms with Crippen LogP contribution < -0.4 is 0 Å². The molecule has 4 rings (SSSR count). The number of carbonyl (C=O) groups is 1. The van der Waals surface area contributed by atoms with Crippen molar-refractivity contribution in [2.24, 2.45) is 5.92 Å². The van der Waals surface area contributed by atoms with Crippen molar-refractivity contribution in [3.63, 3.8) is 0 Å². The van der Waals surface area contributed by atoms with Crippen LogP contribution in [0.25, 0.3) is 0 Å². The predicted octanol–water partition coefficient (Wildman–Crippen LogP) is 1.38. The Morgan fingerprint density at radius 2 is 2.20 bits per heavy atom. The zero-order valence-electron chi connectivity index (χ0n) is 14.8. The van der Waals surface area contributed by atoms with Crippen molar-refractivity contribution in [3.8, 4) is 0 Å². The van der Waals surface area contributed by atoms with Gasteiger partial charge in [0.15, 0.2) is 5.82 Å². The fourth-order valence-corrected chi connectivity index (χ4v) is 3.90. The normalized spacial score (nSPS) is 25.6. The molecule has 2 fully saturated rings. The van der Waals surface area contributed by atoms with Gasteiger partial charge in [-0.25, -0.2) is 0 Å². The average molecular weight is 345 g/mol. The molecule has 0 unspecified atom stereocenters. The lowest BCUT2D eigenvalue weighted by molar-refractivity contribution is 0.0328. The fraction of sp³-hybridized carbons (Fsp3) is 0.647. The van der Waals surface area contributed by atoms with Crippen LogP contribution in [-0.2, 0) is 17.7 Å². The molecule has 2 saturated heterocycles. The van der Waals surface area contributed by atoms with Crippen LogP contribution in [0, 0.1) is 19.8 Å². The molecule has 8 heteroatoms. The first kappa shape index (κ1) is 16.3. The Morgan fingerprint density at radius 3 is 2.88 bits per heavy atom. The number of ether oxygens (including phenoxy) is 1. The van der Waals surface area contributed by atoms with Gasteiger partial charge in [0.25, 0.3) is 5.91 Å². The SMILES string of the molecule is CCn1nc(C)cc1C(=O)N1C[C@H]2C[C@H](Cc3nc(C)no3)O[C@H]2C1. The molecular weight excluding hydrogens is 322 g/mol. The van der Waals surface area contributed by atoms with Gasteiger partial charge in [0, 0.05) is 25.6 Å². The van der Waals surface area contributed by atoms with E-state index < -0.39 is 0 Å². The molecule has 0 spiro atoms. The molecule has 4 heterocycles. The molecule has 0 bridgehead atoms. The second kappa shape index (κ2) is 6.25. The number of rotatable bonds is 4. The average Bonchev–Trinajstić information content (AvgIpc) is 3.30. The molecule has 25 heavy (non-hydrogen) atoms. The molecule has 2 aliphatic rings. The van der Waals surface area contributed by atoms with E-state index in [1.807, 2.05) is 31.7 Å². The van der Waals surface area contributed by atoms with E-state index in [1.54, 1.807) is 4.68 Å².